The van der Waals surface area contributed by atoms with Crippen molar-refractivity contribution in [2.45, 2.75) is 13.3 Å². The van der Waals surface area contributed by atoms with Crippen molar-refractivity contribution in [1.29, 1.82) is 0 Å². The molecular weight excluding hydrogens is 390 g/mol. The highest BCUT2D eigenvalue weighted by molar-refractivity contribution is 5.96. The number of para-hydroxylation sites is 1. The molecule has 0 saturated carbocycles. The van der Waals surface area contributed by atoms with E-state index in [4.69, 9.17) is 4.74 Å². The van der Waals surface area contributed by atoms with Gasteiger partial charge in [-0.05, 0) is 59.2 Å². The molecule has 0 radical (unpaired) electrons. The fourth-order valence-electron chi connectivity index (χ4n) is 3.37. The molecule has 0 aliphatic carbocycles. The van der Waals surface area contributed by atoms with Gasteiger partial charge in [0, 0.05) is 17.7 Å². The number of benzene rings is 3. The zero-order chi connectivity index (χ0) is 21.6. The summed E-state index contributed by atoms with van der Waals surface area (Å²) in [7, 11) is 1.63. The molecule has 0 bridgehead atoms. The summed E-state index contributed by atoms with van der Waals surface area (Å²) < 4.78 is 7.04. The maximum Gasteiger partial charge on any atom is 0.251 e. The first-order valence-corrected chi connectivity index (χ1v) is 9.99. The van der Waals surface area contributed by atoms with E-state index in [2.05, 4.69) is 52.0 Å². The van der Waals surface area contributed by atoms with Gasteiger partial charge in [0.15, 0.2) is 0 Å². The zero-order valence-corrected chi connectivity index (χ0v) is 17.4. The molecule has 7 nitrogen and oxygen atoms in total. The molecule has 0 spiro atoms. The van der Waals surface area contributed by atoms with Crippen molar-refractivity contribution in [3.8, 4) is 22.6 Å². The van der Waals surface area contributed by atoms with Gasteiger partial charge in [0.2, 0.25) is 0 Å². The van der Waals surface area contributed by atoms with E-state index in [0.717, 1.165) is 23.3 Å². The predicted octanol–water partition coefficient (Wildman–Crippen LogP) is 3.62. The Bertz CT molecular complexity index is 1170. The number of nitrogens with one attached hydrogen (secondary N) is 1. The van der Waals surface area contributed by atoms with E-state index in [1.165, 1.54) is 22.1 Å². The van der Waals surface area contributed by atoms with Crippen LogP contribution in [0.4, 0.5) is 0 Å². The highest BCUT2D eigenvalue weighted by Gasteiger charge is 2.14. The molecule has 0 aliphatic rings. The lowest BCUT2D eigenvalue weighted by Gasteiger charge is -2.13. The first-order valence-electron chi connectivity index (χ1n) is 9.99. The van der Waals surface area contributed by atoms with Crippen LogP contribution in [-0.2, 0) is 6.42 Å². The van der Waals surface area contributed by atoms with Gasteiger partial charge >= 0.3 is 0 Å². The summed E-state index contributed by atoms with van der Waals surface area (Å²) in [6.45, 7) is 2.60. The molecule has 7 heteroatoms. The molecule has 1 amide bonds. The molecule has 31 heavy (non-hydrogen) atoms. The number of carbonyl (C=O) groups excluding carboxylic acids is 1. The van der Waals surface area contributed by atoms with Crippen molar-refractivity contribution in [3.63, 3.8) is 0 Å². The summed E-state index contributed by atoms with van der Waals surface area (Å²) in [5.74, 6) is 0.570. The van der Waals surface area contributed by atoms with Crippen LogP contribution in [0.15, 0.2) is 73.1 Å². The number of tetrazole rings is 1. The molecule has 1 aromatic heterocycles. The molecule has 156 valence electrons. The number of hydrogen-bond donors (Lipinski definition) is 1. The molecule has 0 saturated heterocycles. The summed E-state index contributed by atoms with van der Waals surface area (Å²) in [6, 6.07) is 21.6. The second kappa shape index (κ2) is 9.21. The van der Waals surface area contributed by atoms with Crippen molar-refractivity contribution in [2.75, 3.05) is 13.7 Å². The van der Waals surface area contributed by atoms with Crippen molar-refractivity contribution in [1.82, 2.24) is 25.5 Å². The number of methoxy groups -OCH3 is 1. The quantitative estimate of drug-likeness (QED) is 0.500. The minimum atomic E-state index is -0.154. The minimum absolute atomic E-state index is 0.154. The van der Waals surface area contributed by atoms with Gasteiger partial charge in [-0.25, -0.2) is 4.68 Å². The smallest absolute Gasteiger partial charge is 0.251 e. The van der Waals surface area contributed by atoms with Crippen LogP contribution in [0.25, 0.3) is 16.8 Å². The van der Waals surface area contributed by atoms with Gasteiger partial charge < -0.3 is 10.1 Å². The third-order valence-electron chi connectivity index (χ3n) is 5.03. The number of aromatic nitrogens is 4. The summed E-state index contributed by atoms with van der Waals surface area (Å²) in [5.41, 5.74) is 5.34. The van der Waals surface area contributed by atoms with Crippen molar-refractivity contribution in [2.24, 2.45) is 0 Å². The SMILES string of the molecule is COc1ccccc1-c1cc(C(=O)NCCc2ccc(C)cc2)cc(-n2cnnn2)c1. The van der Waals surface area contributed by atoms with E-state index >= 15 is 0 Å². The van der Waals surface area contributed by atoms with Crippen LogP contribution in [0.2, 0.25) is 0 Å². The summed E-state index contributed by atoms with van der Waals surface area (Å²) in [5, 5.41) is 14.4. The number of hydrogen-bond acceptors (Lipinski definition) is 5. The van der Waals surface area contributed by atoms with Crippen molar-refractivity contribution < 1.29 is 9.53 Å². The summed E-state index contributed by atoms with van der Waals surface area (Å²) in [6.07, 6.45) is 2.26. The third-order valence-corrected chi connectivity index (χ3v) is 5.03. The number of carbonyl (C=O) groups is 1. The predicted molar refractivity (Wildman–Crippen MR) is 118 cm³/mol. The number of rotatable bonds is 7. The Balaban J connectivity index is 1.60. The molecule has 0 atom stereocenters. The highest BCUT2D eigenvalue weighted by atomic mass is 16.5. The number of ether oxygens (including phenoxy) is 1. The highest BCUT2D eigenvalue weighted by Crippen LogP contribution is 2.31. The fourth-order valence-corrected chi connectivity index (χ4v) is 3.37. The Morgan fingerprint density at radius 3 is 2.61 bits per heavy atom. The van der Waals surface area contributed by atoms with Gasteiger partial charge in [-0.15, -0.1) is 5.10 Å². The van der Waals surface area contributed by atoms with Crippen LogP contribution in [0.3, 0.4) is 0 Å². The standard InChI is InChI=1S/C24H23N5O2/c1-17-7-9-18(10-8-17)11-12-25-24(30)20-13-19(22-5-3-4-6-23(22)31-2)14-21(15-20)29-16-26-27-28-29/h3-10,13-16H,11-12H2,1-2H3,(H,25,30). The van der Waals surface area contributed by atoms with Gasteiger partial charge in [0.25, 0.3) is 5.91 Å². The lowest BCUT2D eigenvalue weighted by atomic mass is 10.0. The lowest BCUT2D eigenvalue weighted by molar-refractivity contribution is 0.0954. The Morgan fingerprint density at radius 1 is 1.06 bits per heavy atom. The summed E-state index contributed by atoms with van der Waals surface area (Å²) >= 11 is 0. The number of amides is 1. The van der Waals surface area contributed by atoms with E-state index in [9.17, 15) is 4.79 Å². The Morgan fingerprint density at radius 2 is 1.87 bits per heavy atom. The van der Waals surface area contributed by atoms with Crippen LogP contribution >= 0.6 is 0 Å². The Labute approximate surface area is 180 Å². The largest absolute Gasteiger partial charge is 0.496 e. The molecule has 0 aliphatic heterocycles. The lowest BCUT2D eigenvalue weighted by Crippen LogP contribution is -2.26. The van der Waals surface area contributed by atoms with E-state index in [1.54, 1.807) is 13.2 Å². The van der Waals surface area contributed by atoms with Crippen LogP contribution in [0.5, 0.6) is 5.75 Å². The van der Waals surface area contributed by atoms with Gasteiger partial charge in [0.1, 0.15) is 12.1 Å². The fraction of sp³-hybridized carbons (Fsp3) is 0.167. The van der Waals surface area contributed by atoms with Crippen molar-refractivity contribution in [3.05, 3.63) is 89.7 Å². The number of aryl methyl sites for hydroxylation is 1. The second-order valence-electron chi connectivity index (χ2n) is 7.21. The zero-order valence-electron chi connectivity index (χ0n) is 17.4. The molecule has 1 N–H and O–H groups in total. The minimum Gasteiger partial charge on any atom is -0.496 e. The average Bonchev–Trinajstić information content (AvgIpc) is 3.35. The van der Waals surface area contributed by atoms with Crippen LogP contribution < -0.4 is 10.1 Å². The molecule has 3 aromatic carbocycles. The molecule has 0 unspecified atom stereocenters. The Kier molecular flexibility index (Phi) is 6.03. The van der Waals surface area contributed by atoms with Crippen LogP contribution in [-0.4, -0.2) is 39.8 Å². The summed E-state index contributed by atoms with van der Waals surface area (Å²) in [4.78, 5) is 12.9. The van der Waals surface area contributed by atoms with E-state index in [1.807, 2.05) is 36.4 Å². The molecule has 1 heterocycles. The van der Waals surface area contributed by atoms with E-state index in [-0.39, 0.29) is 5.91 Å². The molecule has 4 rings (SSSR count). The maximum atomic E-state index is 12.9. The molecule has 4 aromatic rings. The first kappa shape index (κ1) is 20.3. The van der Waals surface area contributed by atoms with E-state index < -0.39 is 0 Å². The maximum absolute atomic E-state index is 12.9. The normalized spacial score (nSPS) is 10.6. The van der Waals surface area contributed by atoms with Gasteiger partial charge in [-0.1, -0.05) is 48.0 Å². The van der Waals surface area contributed by atoms with Crippen LogP contribution in [0.1, 0.15) is 21.5 Å². The first-order chi connectivity index (χ1) is 15.1. The molecule has 0 fully saturated rings. The van der Waals surface area contributed by atoms with Crippen molar-refractivity contribution >= 4 is 5.91 Å². The van der Waals surface area contributed by atoms with Gasteiger partial charge in [0.05, 0.1) is 12.8 Å². The number of nitrogens with zero attached hydrogens (tertiary/aromatic N) is 4. The van der Waals surface area contributed by atoms with E-state index in [0.29, 0.717) is 17.8 Å². The average molecular weight is 413 g/mol. The third kappa shape index (κ3) is 4.78. The topological polar surface area (TPSA) is 81.9 Å². The Hall–Kier alpha value is -4.00. The molecular formula is C24H23N5O2. The monoisotopic (exact) mass is 413 g/mol. The second-order valence-corrected chi connectivity index (χ2v) is 7.21. The van der Waals surface area contributed by atoms with Gasteiger partial charge in [-0.2, -0.15) is 0 Å². The van der Waals surface area contributed by atoms with Gasteiger partial charge in [-0.3, -0.25) is 4.79 Å². The van der Waals surface area contributed by atoms with Crippen LogP contribution in [0, 0.1) is 6.92 Å².